The molecular formula is C16H32IN3O. The Morgan fingerprint density at radius 2 is 1.95 bits per heavy atom. The molecule has 0 amide bonds. The topological polar surface area (TPSA) is 36.9 Å². The van der Waals surface area contributed by atoms with Crippen LogP contribution in [0.25, 0.3) is 0 Å². The zero-order valence-corrected chi connectivity index (χ0v) is 16.0. The lowest BCUT2D eigenvalue weighted by Crippen LogP contribution is -2.42. The molecule has 124 valence electrons. The molecule has 1 saturated carbocycles. The molecule has 2 rings (SSSR count). The SMILES string of the molecule is CN=C(NCCC1CCCCC1)N(C)CC1CCOC1.I. The van der Waals surface area contributed by atoms with Gasteiger partial charge < -0.3 is 15.0 Å². The van der Waals surface area contributed by atoms with Crippen LogP contribution in [0, 0.1) is 11.8 Å². The second kappa shape index (κ2) is 10.6. The van der Waals surface area contributed by atoms with Crippen LogP contribution in [0.3, 0.4) is 0 Å². The van der Waals surface area contributed by atoms with E-state index in [2.05, 4.69) is 22.3 Å². The molecule has 0 aromatic rings. The highest BCUT2D eigenvalue weighted by Crippen LogP contribution is 2.25. The second-order valence-corrected chi connectivity index (χ2v) is 6.38. The molecule has 5 heteroatoms. The molecule has 0 bridgehead atoms. The van der Waals surface area contributed by atoms with Crippen molar-refractivity contribution >= 4 is 29.9 Å². The minimum atomic E-state index is 0. The fourth-order valence-electron chi connectivity index (χ4n) is 3.45. The van der Waals surface area contributed by atoms with Crippen molar-refractivity contribution in [3.63, 3.8) is 0 Å². The molecule has 1 saturated heterocycles. The highest BCUT2D eigenvalue weighted by Gasteiger charge is 2.19. The van der Waals surface area contributed by atoms with Crippen LogP contribution < -0.4 is 5.32 Å². The summed E-state index contributed by atoms with van der Waals surface area (Å²) in [5.74, 6) is 2.63. The first kappa shape index (κ1) is 19.0. The molecule has 1 unspecified atom stereocenters. The summed E-state index contributed by atoms with van der Waals surface area (Å²) in [5.41, 5.74) is 0. The first-order valence-electron chi connectivity index (χ1n) is 8.29. The summed E-state index contributed by atoms with van der Waals surface area (Å²) in [4.78, 5) is 6.65. The van der Waals surface area contributed by atoms with Crippen LogP contribution in [0.15, 0.2) is 4.99 Å². The minimum Gasteiger partial charge on any atom is -0.381 e. The number of nitrogens with zero attached hydrogens (tertiary/aromatic N) is 2. The number of rotatable bonds is 5. The van der Waals surface area contributed by atoms with Crippen molar-refractivity contribution in [3.05, 3.63) is 0 Å². The fourth-order valence-corrected chi connectivity index (χ4v) is 3.45. The van der Waals surface area contributed by atoms with Gasteiger partial charge in [-0.1, -0.05) is 32.1 Å². The summed E-state index contributed by atoms with van der Waals surface area (Å²) in [7, 11) is 4.01. The highest BCUT2D eigenvalue weighted by molar-refractivity contribution is 14.0. The fraction of sp³-hybridized carbons (Fsp3) is 0.938. The van der Waals surface area contributed by atoms with Gasteiger partial charge in [0.15, 0.2) is 5.96 Å². The predicted molar refractivity (Wildman–Crippen MR) is 99.5 cm³/mol. The van der Waals surface area contributed by atoms with E-state index >= 15 is 0 Å². The van der Waals surface area contributed by atoms with E-state index in [0.29, 0.717) is 5.92 Å². The molecule has 0 aromatic carbocycles. The monoisotopic (exact) mass is 409 g/mol. The molecular weight excluding hydrogens is 377 g/mol. The Morgan fingerprint density at radius 1 is 1.19 bits per heavy atom. The van der Waals surface area contributed by atoms with Crippen LogP contribution in [-0.2, 0) is 4.74 Å². The zero-order valence-electron chi connectivity index (χ0n) is 13.6. The molecule has 1 heterocycles. The van der Waals surface area contributed by atoms with Gasteiger partial charge in [-0.05, 0) is 18.8 Å². The van der Waals surface area contributed by atoms with Gasteiger partial charge in [-0.2, -0.15) is 0 Å². The molecule has 1 N–H and O–H groups in total. The molecule has 0 spiro atoms. The third-order valence-electron chi connectivity index (χ3n) is 4.69. The standard InChI is InChI=1S/C16H31N3O.HI/c1-17-16(19(2)12-15-9-11-20-13-15)18-10-8-14-6-4-3-5-7-14;/h14-15H,3-13H2,1-2H3,(H,17,18);1H. The van der Waals surface area contributed by atoms with Gasteiger partial charge in [-0.3, -0.25) is 4.99 Å². The Morgan fingerprint density at radius 3 is 2.57 bits per heavy atom. The van der Waals surface area contributed by atoms with E-state index in [-0.39, 0.29) is 24.0 Å². The van der Waals surface area contributed by atoms with E-state index in [1.807, 2.05) is 7.05 Å². The number of aliphatic imine (C=N–C) groups is 1. The second-order valence-electron chi connectivity index (χ2n) is 6.38. The van der Waals surface area contributed by atoms with Gasteiger partial charge in [-0.25, -0.2) is 0 Å². The third kappa shape index (κ3) is 6.72. The zero-order chi connectivity index (χ0) is 14.2. The molecule has 0 radical (unpaired) electrons. The highest BCUT2D eigenvalue weighted by atomic mass is 127. The van der Waals surface area contributed by atoms with E-state index in [0.717, 1.165) is 38.2 Å². The minimum absolute atomic E-state index is 0. The molecule has 0 aromatic heterocycles. The van der Waals surface area contributed by atoms with Crippen molar-refractivity contribution in [1.29, 1.82) is 0 Å². The van der Waals surface area contributed by atoms with Gasteiger partial charge in [0.2, 0.25) is 0 Å². The summed E-state index contributed by atoms with van der Waals surface area (Å²) in [6.07, 6.45) is 9.63. The number of nitrogens with one attached hydrogen (secondary N) is 1. The van der Waals surface area contributed by atoms with E-state index in [4.69, 9.17) is 4.74 Å². The van der Waals surface area contributed by atoms with Crippen LogP contribution >= 0.6 is 24.0 Å². The first-order chi connectivity index (χ1) is 9.79. The van der Waals surface area contributed by atoms with Crippen molar-refractivity contribution in [3.8, 4) is 0 Å². The van der Waals surface area contributed by atoms with Gasteiger partial charge in [0.25, 0.3) is 0 Å². The molecule has 2 aliphatic rings. The molecule has 1 atom stereocenters. The van der Waals surface area contributed by atoms with Gasteiger partial charge in [-0.15, -0.1) is 24.0 Å². The van der Waals surface area contributed by atoms with Crippen molar-refractivity contribution < 1.29 is 4.74 Å². The van der Waals surface area contributed by atoms with Crippen LogP contribution in [0.4, 0.5) is 0 Å². The maximum absolute atomic E-state index is 5.44. The predicted octanol–water partition coefficient (Wildman–Crippen LogP) is 3.12. The first-order valence-corrected chi connectivity index (χ1v) is 8.29. The quantitative estimate of drug-likeness (QED) is 0.431. The van der Waals surface area contributed by atoms with Crippen molar-refractivity contribution in [2.45, 2.75) is 44.9 Å². The number of ether oxygens (including phenoxy) is 1. The molecule has 1 aliphatic carbocycles. The Hall–Kier alpha value is -0.0400. The summed E-state index contributed by atoms with van der Waals surface area (Å²) >= 11 is 0. The third-order valence-corrected chi connectivity index (χ3v) is 4.69. The Kier molecular flexibility index (Phi) is 9.64. The Bertz CT molecular complexity index is 300. The largest absolute Gasteiger partial charge is 0.381 e. The van der Waals surface area contributed by atoms with E-state index in [1.165, 1.54) is 44.9 Å². The van der Waals surface area contributed by atoms with Crippen molar-refractivity contribution in [1.82, 2.24) is 10.2 Å². The van der Waals surface area contributed by atoms with Crippen LogP contribution in [0.1, 0.15) is 44.9 Å². The number of hydrogen-bond acceptors (Lipinski definition) is 2. The lowest BCUT2D eigenvalue weighted by molar-refractivity contribution is 0.181. The van der Waals surface area contributed by atoms with Crippen LogP contribution in [0.5, 0.6) is 0 Å². The number of guanidine groups is 1. The van der Waals surface area contributed by atoms with Crippen molar-refractivity contribution in [2.24, 2.45) is 16.8 Å². The van der Waals surface area contributed by atoms with Crippen molar-refractivity contribution in [2.75, 3.05) is 40.4 Å². The average Bonchev–Trinajstić information content (AvgIpc) is 2.97. The Labute approximate surface area is 147 Å². The summed E-state index contributed by atoms with van der Waals surface area (Å²) < 4.78 is 5.44. The number of hydrogen-bond donors (Lipinski definition) is 1. The average molecular weight is 409 g/mol. The summed E-state index contributed by atoms with van der Waals surface area (Å²) in [6, 6.07) is 0. The van der Waals surface area contributed by atoms with Gasteiger partial charge in [0.05, 0.1) is 6.61 Å². The molecule has 21 heavy (non-hydrogen) atoms. The lowest BCUT2D eigenvalue weighted by atomic mass is 9.87. The maximum atomic E-state index is 5.44. The van der Waals surface area contributed by atoms with E-state index in [9.17, 15) is 0 Å². The lowest BCUT2D eigenvalue weighted by Gasteiger charge is -2.26. The van der Waals surface area contributed by atoms with Gasteiger partial charge in [0, 0.05) is 39.7 Å². The van der Waals surface area contributed by atoms with Gasteiger partial charge >= 0.3 is 0 Å². The summed E-state index contributed by atoms with van der Waals surface area (Å²) in [6.45, 7) is 3.93. The Balaban J connectivity index is 0.00000220. The van der Waals surface area contributed by atoms with Gasteiger partial charge in [0.1, 0.15) is 0 Å². The molecule has 4 nitrogen and oxygen atoms in total. The number of halogens is 1. The van der Waals surface area contributed by atoms with Crippen LogP contribution in [-0.4, -0.2) is 51.3 Å². The normalized spacial score (nSPS) is 23.7. The molecule has 1 aliphatic heterocycles. The smallest absolute Gasteiger partial charge is 0.193 e. The van der Waals surface area contributed by atoms with E-state index < -0.39 is 0 Å². The summed E-state index contributed by atoms with van der Waals surface area (Å²) in [5, 5.41) is 3.53. The van der Waals surface area contributed by atoms with E-state index in [1.54, 1.807) is 0 Å². The molecule has 2 fully saturated rings. The van der Waals surface area contributed by atoms with Crippen LogP contribution in [0.2, 0.25) is 0 Å². The maximum Gasteiger partial charge on any atom is 0.193 e.